The second-order valence-electron chi connectivity index (χ2n) is 10.3. The summed E-state index contributed by atoms with van der Waals surface area (Å²) in [6.45, 7) is 20.7. The summed E-state index contributed by atoms with van der Waals surface area (Å²) >= 11 is 0. The quantitative estimate of drug-likeness (QED) is 0.123. The number of carbonyl (C=O) groups excluding carboxylic acids is 2. The lowest BCUT2D eigenvalue weighted by Gasteiger charge is -2.15. The number of hydrogen-bond donors (Lipinski definition) is 0. The molecule has 0 aliphatic carbocycles. The minimum absolute atomic E-state index is 0.198. The molecule has 0 unspecified atom stereocenters. The van der Waals surface area contributed by atoms with Crippen molar-refractivity contribution < 1.29 is 19.1 Å². The van der Waals surface area contributed by atoms with E-state index in [-0.39, 0.29) is 13.2 Å². The highest BCUT2D eigenvalue weighted by atomic mass is 16.5. The van der Waals surface area contributed by atoms with Gasteiger partial charge in [0.15, 0.2) is 0 Å². The number of fused-ring (bicyclic) bond motifs is 4. The van der Waals surface area contributed by atoms with E-state index in [1.807, 2.05) is 30.3 Å². The second-order valence-corrected chi connectivity index (χ2v) is 10.3. The number of carbonyl (C=O) groups is 2. The highest BCUT2D eigenvalue weighted by Gasteiger charge is 2.20. The lowest BCUT2D eigenvalue weighted by Crippen LogP contribution is -2.13. The van der Waals surface area contributed by atoms with Gasteiger partial charge >= 0.3 is 11.9 Å². The van der Waals surface area contributed by atoms with Crippen LogP contribution in [0.5, 0.6) is 0 Å². The molecule has 0 fully saturated rings. The van der Waals surface area contributed by atoms with Crippen molar-refractivity contribution in [2.24, 2.45) is 0 Å². The molecule has 42 heavy (non-hydrogen) atoms. The van der Waals surface area contributed by atoms with Gasteiger partial charge in [-0.3, -0.25) is 0 Å². The molecule has 2 aromatic heterocycles. The molecule has 2 heterocycles. The van der Waals surface area contributed by atoms with Crippen molar-refractivity contribution in [1.29, 1.82) is 0 Å². The molecule has 0 aliphatic rings. The summed E-state index contributed by atoms with van der Waals surface area (Å²) in [7, 11) is 0. The van der Waals surface area contributed by atoms with Crippen LogP contribution in [-0.4, -0.2) is 34.3 Å². The summed E-state index contributed by atoms with van der Waals surface area (Å²) < 4.78 is 15.2. The van der Waals surface area contributed by atoms with Crippen LogP contribution >= 0.6 is 0 Å². The lowest BCUT2D eigenvalue weighted by molar-refractivity contribution is -0.140. The Morgan fingerprint density at radius 1 is 0.714 bits per heavy atom. The topological polar surface area (TPSA) is 62.5 Å². The first kappa shape index (κ1) is 28.4. The van der Waals surface area contributed by atoms with Crippen LogP contribution in [0.1, 0.15) is 30.7 Å². The highest BCUT2D eigenvalue weighted by molar-refractivity contribution is 6.09. The van der Waals surface area contributed by atoms with E-state index in [4.69, 9.17) is 9.47 Å². The summed E-state index contributed by atoms with van der Waals surface area (Å²) in [4.78, 5) is 24.0. The third-order valence-corrected chi connectivity index (χ3v) is 7.41. The average molecular weight is 559 g/mol. The van der Waals surface area contributed by atoms with E-state index in [0.29, 0.717) is 24.2 Å². The molecule has 0 N–H and O–H groups in total. The largest absolute Gasteiger partial charge is 0.460 e. The Morgan fingerprint density at radius 3 is 1.83 bits per heavy atom. The molecule has 212 valence electrons. The van der Waals surface area contributed by atoms with Crippen molar-refractivity contribution in [1.82, 2.24) is 9.13 Å². The van der Waals surface area contributed by atoms with E-state index in [0.717, 1.165) is 55.1 Å². The van der Waals surface area contributed by atoms with Crippen LogP contribution in [0.2, 0.25) is 0 Å². The standard InChI is InChI=1S/C36H34N2O4/c1-7-27-28-12-8-11-15-32(28)38(19-21-42-36(40)24(4)5)34(27)25(6)26-16-17-33-30(22-26)29-13-9-10-14-31(29)37(33)18-20-41-35(39)23(2)3/h7-17,22H,1-2,4,6,18-21H2,3,5H3. The Morgan fingerprint density at radius 2 is 1.24 bits per heavy atom. The van der Waals surface area contributed by atoms with E-state index in [2.05, 4.69) is 77.9 Å². The third-order valence-electron chi connectivity index (χ3n) is 7.41. The maximum atomic E-state index is 12.1. The fourth-order valence-electron chi connectivity index (χ4n) is 5.42. The summed E-state index contributed by atoms with van der Waals surface area (Å²) in [5.74, 6) is -0.802. The molecule has 6 nitrogen and oxygen atoms in total. The van der Waals surface area contributed by atoms with Crippen molar-refractivity contribution >= 4 is 56.3 Å². The van der Waals surface area contributed by atoms with E-state index < -0.39 is 11.9 Å². The van der Waals surface area contributed by atoms with Gasteiger partial charge in [0, 0.05) is 49.4 Å². The van der Waals surface area contributed by atoms with Crippen molar-refractivity contribution in [2.75, 3.05) is 13.2 Å². The van der Waals surface area contributed by atoms with Gasteiger partial charge in [-0.05, 0) is 49.2 Å². The number of ether oxygens (including phenoxy) is 2. The molecule has 0 amide bonds. The smallest absolute Gasteiger partial charge is 0.333 e. The number of nitrogens with zero attached hydrogens (tertiary/aromatic N) is 2. The normalized spacial score (nSPS) is 11.1. The molecule has 3 aromatic carbocycles. The van der Waals surface area contributed by atoms with Crippen LogP contribution in [0.3, 0.4) is 0 Å². The highest BCUT2D eigenvalue weighted by Crippen LogP contribution is 2.37. The van der Waals surface area contributed by atoms with Crippen LogP contribution in [0, 0.1) is 0 Å². The number of benzene rings is 3. The van der Waals surface area contributed by atoms with E-state index >= 15 is 0 Å². The monoisotopic (exact) mass is 558 g/mol. The van der Waals surface area contributed by atoms with Crippen LogP contribution in [0.15, 0.2) is 104 Å². The molecule has 0 saturated heterocycles. The molecule has 0 saturated carbocycles. The molecular weight excluding hydrogens is 524 g/mol. The third kappa shape index (κ3) is 5.19. The van der Waals surface area contributed by atoms with Gasteiger partial charge < -0.3 is 18.6 Å². The molecule has 0 radical (unpaired) electrons. The molecule has 0 atom stereocenters. The average Bonchev–Trinajstić information content (AvgIpc) is 3.48. The number of rotatable bonds is 11. The number of aromatic nitrogens is 2. The predicted molar refractivity (Wildman–Crippen MR) is 171 cm³/mol. The van der Waals surface area contributed by atoms with Crippen LogP contribution in [-0.2, 0) is 32.2 Å². The van der Waals surface area contributed by atoms with Crippen LogP contribution in [0.4, 0.5) is 0 Å². The summed E-state index contributed by atoms with van der Waals surface area (Å²) in [6.07, 6.45) is 1.86. The molecule has 0 aliphatic heterocycles. The number of esters is 2. The van der Waals surface area contributed by atoms with Crippen LogP contribution in [0.25, 0.3) is 44.4 Å². The Kier molecular flexibility index (Phi) is 7.98. The maximum absolute atomic E-state index is 12.1. The Balaban J connectivity index is 1.57. The van der Waals surface area contributed by atoms with Gasteiger partial charge in [0.05, 0.1) is 18.8 Å². The fourth-order valence-corrected chi connectivity index (χ4v) is 5.42. The molecule has 0 spiro atoms. The Hall–Kier alpha value is -5.10. The Labute approximate surface area is 245 Å². The zero-order valence-electron chi connectivity index (χ0n) is 24.1. The first-order valence-electron chi connectivity index (χ1n) is 13.8. The van der Waals surface area contributed by atoms with E-state index in [1.54, 1.807) is 13.8 Å². The summed E-state index contributed by atoms with van der Waals surface area (Å²) in [6, 6.07) is 22.6. The number of hydrogen-bond acceptors (Lipinski definition) is 4. The summed E-state index contributed by atoms with van der Waals surface area (Å²) in [5, 5.41) is 3.23. The van der Waals surface area contributed by atoms with Crippen molar-refractivity contribution in [3.05, 3.63) is 121 Å². The SMILES string of the molecule is C=Cc1c(C(=C)c2ccc3c(c2)c2ccccc2n3CCOC(=O)C(=C)C)n(CCOC(=O)C(=C)C)c2ccccc12. The fraction of sp³-hybridized carbons (Fsp3) is 0.167. The van der Waals surface area contributed by atoms with Gasteiger partial charge in [-0.15, -0.1) is 0 Å². The lowest BCUT2D eigenvalue weighted by atomic mass is 9.98. The van der Waals surface area contributed by atoms with Crippen molar-refractivity contribution in [2.45, 2.75) is 26.9 Å². The maximum Gasteiger partial charge on any atom is 0.333 e. The van der Waals surface area contributed by atoms with Gasteiger partial charge in [-0.1, -0.05) is 74.9 Å². The molecular formula is C36H34N2O4. The Bertz CT molecular complexity index is 1920. The molecule has 5 rings (SSSR count). The zero-order valence-corrected chi connectivity index (χ0v) is 24.1. The van der Waals surface area contributed by atoms with E-state index in [1.165, 1.54) is 0 Å². The second kappa shape index (κ2) is 11.8. The molecule has 5 aromatic rings. The van der Waals surface area contributed by atoms with Crippen molar-refractivity contribution in [3.8, 4) is 0 Å². The molecule has 6 heteroatoms. The first-order chi connectivity index (χ1) is 20.2. The first-order valence-corrected chi connectivity index (χ1v) is 13.8. The predicted octanol–water partition coefficient (Wildman–Crippen LogP) is 7.69. The van der Waals surface area contributed by atoms with Gasteiger partial charge in [0.25, 0.3) is 0 Å². The summed E-state index contributed by atoms with van der Waals surface area (Å²) in [5.41, 5.74) is 7.55. The van der Waals surface area contributed by atoms with Gasteiger partial charge in [0.2, 0.25) is 0 Å². The minimum atomic E-state index is -0.410. The van der Waals surface area contributed by atoms with Gasteiger partial charge in [-0.2, -0.15) is 0 Å². The minimum Gasteiger partial charge on any atom is -0.460 e. The van der Waals surface area contributed by atoms with Crippen molar-refractivity contribution in [3.63, 3.8) is 0 Å². The van der Waals surface area contributed by atoms with Crippen LogP contribution < -0.4 is 0 Å². The van der Waals surface area contributed by atoms with Gasteiger partial charge in [-0.25, -0.2) is 9.59 Å². The molecule has 0 bridgehead atoms. The van der Waals surface area contributed by atoms with E-state index in [9.17, 15) is 9.59 Å². The number of para-hydroxylation sites is 2. The van der Waals surface area contributed by atoms with Gasteiger partial charge in [0.1, 0.15) is 13.2 Å². The zero-order chi connectivity index (χ0) is 30.0.